The summed E-state index contributed by atoms with van der Waals surface area (Å²) in [6.07, 6.45) is -2.27. The summed E-state index contributed by atoms with van der Waals surface area (Å²) in [5.74, 6) is -5.62. The van der Waals surface area contributed by atoms with Gasteiger partial charge in [-0.1, -0.05) is 6.92 Å². The molecule has 12 heteroatoms. The summed E-state index contributed by atoms with van der Waals surface area (Å²) in [7, 11) is 0. The molecule has 0 radical (unpaired) electrons. The van der Waals surface area contributed by atoms with Crippen molar-refractivity contribution in [2.24, 2.45) is 0 Å². The van der Waals surface area contributed by atoms with Crippen LogP contribution in [0.4, 0.5) is 0 Å². The molecule has 150 valence electrons. The fourth-order valence-corrected chi connectivity index (χ4v) is 1.81. The van der Waals surface area contributed by atoms with E-state index in [4.69, 9.17) is 35.4 Å². The Morgan fingerprint density at radius 1 is 1.25 bits per heavy atom. The van der Waals surface area contributed by atoms with Gasteiger partial charge in [-0.25, -0.2) is 9.59 Å². The molecule has 2 rings (SSSR count). The minimum Gasteiger partial charge on any atom is -0.870 e. The number of cyclic esters (lactones) is 1. The molecule has 0 saturated heterocycles. The van der Waals surface area contributed by atoms with Crippen molar-refractivity contribution in [3.8, 4) is 17.2 Å². The number of carbonyl (C=O) groups excluding carboxylic acids is 2. The molecular formula is C16H19NaO11. The number of aliphatic hydroxyl groups excluding tert-OH is 3. The van der Waals surface area contributed by atoms with E-state index in [0.717, 1.165) is 12.1 Å². The van der Waals surface area contributed by atoms with Crippen molar-refractivity contribution >= 4 is 11.9 Å². The summed E-state index contributed by atoms with van der Waals surface area (Å²) < 4.78 is 9.04. The largest absolute Gasteiger partial charge is 1.00 e. The van der Waals surface area contributed by atoms with E-state index < -0.39 is 59.5 Å². The molecule has 0 saturated carbocycles. The number of hydrogen-bond acceptors (Lipinski definition) is 11. The van der Waals surface area contributed by atoms with Gasteiger partial charge in [-0.2, -0.15) is 0 Å². The molecule has 0 spiro atoms. The van der Waals surface area contributed by atoms with Crippen LogP contribution in [0.3, 0.4) is 0 Å². The topological polar surface area (TPSA) is 197 Å². The van der Waals surface area contributed by atoms with Crippen LogP contribution < -0.4 is 34.7 Å². The maximum atomic E-state index is 11.3. The van der Waals surface area contributed by atoms with Gasteiger partial charge >= 0.3 is 41.5 Å². The molecule has 2 atom stereocenters. The molecule has 0 aliphatic carbocycles. The van der Waals surface area contributed by atoms with Gasteiger partial charge in [-0.05, 0) is 24.3 Å². The number of hydrogen-bond donors (Lipinski definition) is 6. The van der Waals surface area contributed by atoms with E-state index in [1.807, 2.05) is 6.92 Å². The Labute approximate surface area is 181 Å². The van der Waals surface area contributed by atoms with Crippen LogP contribution in [-0.2, 0) is 14.3 Å². The van der Waals surface area contributed by atoms with Gasteiger partial charge in [0.25, 0.3) is 0 Å². The Balaban J connectivity index is 0.000000514. The molecule has 0 amide bonds. The molecule has 1 aliphatic heterocycles. The number of phenolic OH excluding ortho intramolecular Hbond substituents is 3. The standard InChI is InChI=1S/C10H12O5.C6H8O6.Na/c1-2-3-15-10(14)6-4-7(11)9(13)8(12)5-6;7-1-2(8)5-3(9)4(10)6(11)12-5;/h4-5,11-13H,2-3H2,1H3;2,5,7-10H,1H2;/q;;+1/p-1/t;2-,5+;/m.0./s1. The van der Waals surface area contributed by atoms with Crippen LogP contribution in [0.2, 0.25) is 0 Å². The molecular weight excluding hydrogens is 391 g/mol. The predicted octanol–water partition coefficient (Wildman–Crippen LogP) is -4.23. The van der Waals surface area contributed by atoms with Crippen LogP contribution in [0.1, 0.15) is 23.7 Å². The second kappa shape index (κ2) is 11.6. The smallest absolute Gasteiger partial charge is 0.870 e. The number of phenols is 3. The third kappa shape index (κ3) is 6.46. The summed E-state index contributed by atoms with van der Waals surface area (Å²) >= 11 is 0. The summed E-state index contributed by atoms with van der Waals surface area (Å²) in [6.45, 7) is 1.40. The first kappa shape index (κ1) is 25.8. The minimum absolute atomic E-state index is 0. The van der Waals surface area contributed by atoms with E-state index in [1.54, 1.807) is 0 Å². The van der Waals surface area contributed by atoms with E-state index in [2.05, 4.69) is 4.74 Å². The first-order chi connectivity index (χ1) is 12.6. The normalized spacial score (nSPS) is 16.4. The molecule has 28 heavy (non-hydrogen) atoms. The summed E-state index contributed by atoms with van der Waals surface area (Å²) in [5.41, 5.74) is -0.00347. The zero-order valence-corrected chi connectivity index (χ0v) is 17.2. The van der Waals surface area contributed by atoms with Gasteiger partial charge in [0.1, 0.15) is 12.2 Å². The van der Waals surface area contributed by atoms with Crippen molar-refractivity contribution in [2.45, 2.75) is 25.6 Å². The van der Waals surface area contributed by atoms with Gasteiger partial charge in [0.15, 0.2) is 23.0 Å². The van der Waals surface area contributed by atoms with Gasteiger partial charge in [-0.3, -0.25) is 0 Å². The van der Waals surface area contributed by atoms with Gasteiger partial charge in [0, 0.05) is 0 Å². The number of ether oxygens (including phenoxy) is 2. The van der Waals surface area contributed by atoms with Crippen molar-refractivity contribution in [2.75, 3.05) is 13.2 Å². The van der Waals surface area contributed by atoms with Gasteiger partial charge in [0.05, 0.1) is 18.8 Å². The van der Waals surface area contributed by atoms with Gasteiger partial charge < -0.3 is 45.2 Å². The van der Waals surface area contributed by atoms with Crippen molar-refractivity contribution in [3.63, 3.8) is 0 Å². The monoisotopic (exact) mass is 410 g/mol. The fraction of sp³-hybridized carbons (Fsp3) is 0.375. The van der Waals surface area contributed by atoms with Crippen LogP contribution in [-0.4, -0.2) is 68.0 Å². The van der Waals surface area contributed by atoms with Crippen LogP contribution in [0.25, 0.3) is 0 Å². The van der Waals surface area contributed by atoms with E-state index in [-0.39, 0.29) is 41.7 Å². The Hall–Kier alpha value is -2.18. The summed E-state index contributed by atoms with van der Waals surface area (Å²) in [4.78, 5) is 21.8. The van der Waals surface area contributed by atoms with Crippen LogP contribution in [0.5, 0.6) is 17.2 Å². The number of aromatic hydroxyl groups is 3. The van der Waals surface area contributed by atoms with Crippen LogP contribution in [0, 0.1) is 0 Å². The Morgan fingerprint density at radius 3 is 2.18 bits per heavy atom. The molecule has 1 aromatic rings. The second-order valence-corrected chi connectivity index (χ2v) is 5.29. The molecule has 1 heterocycles. The molecule has 0 aromatic heterocycles. The average molecular weight is 410 g/mol. The van der Waals surface area contributed by atoms with Crippen molar-refractivity contribution in [1.82, 2.24) is 0 Å². The van der Waals surface area contributed by atoms with Crippen molar-refractivity contribution in [1.29, 1.82) is 0 Å². The number of aliphatic hydroxyl groups is 3. The number of esters is 2. The van der Waals surface area contributed by atoms with E-state index in [0.29, 0.717) is 6.42 Å². The number of rotatable bonds is 5. The summed E-state index contributed by atoms with van der Waals surface area (Å²) in [6, 6.07) is 2.07. The first-order valence-corrected chi connectivity index (χ1v) is 7.66. The molecule has 1 aliphatic rings. The third-order valence-electron chi connectivity index (χ3n) is 3.20. The minimum atomic E-state index is -1.48. The summed E-state index contributed by atoms with van der Waals surface area (Å²) in [5, 5.41) is 64.1. The predicted molar refractivity (Wildman–Crippen MR) is 84.6 cm³/mol. The fourth-order valence-electron chi connectivity index (χ4n) is 1.81. The molecule has 0 bridgehead atoms. The molecule has 6 N–H and O–H groups in total. The zero-order chi connectivity index (χ0) is 20.7. The van der Waals surface area contributed by atoms with Crippen molar-refractivity contribution < 1.29 is 84.4 Å². The van der Waals surface area contributed by atoms with E-state index in [9.17, 15) is 14.7 Å². The number of carbonyl (C=O) groups is 2. The van der Waals surface area contributed by atoms with Gasteiger partial charge in [-0.15, -0.1) is 0 Å². The second-order valence-electron chi connectivity index (χ2n) is 5.29. The zero-order valence-electron chi connectivity index (χ0n) is 15.2. The van der Waals surface area contributed by atoms with Gasteiger partial charge in [0.2, 0.25) is 0 Å². The Kier molecular flexibility index (Phi) is 10.7. The molecule has 1 aromatic carbocycles. The van der Waals surface area contributed by atoms with E-state index >= 15 is 0 Å². The average Bonchev–Trinajstić information content (AvgIpc) is 2.91. The molecule has 0 unspecified atom stereocenters. The Bertz CT molecular complexity index is 708. The first-order valence-electron chi connectivity index (χ1n) is 7.66. The Morgan fingerprint density at radius 2 is 1.79 bits per heavy atom. The van der Waals surface area contributed by atoms with E-state index in [1.165, 1.54) is 0 Å². The van der Waals surface area contributed by atoms with Crippen LogP contribution >= 0.6 is 0 Å². The molecule has 11 nitrogen and oxygen atoms in total. The molecule has 0 fully saturated rings. The van der Waals surface area contributed by atoms with Crippen LogP contribution in [0.15, 0.2) is 23.7 Å². The maximum absolute atomic E-state index is 11.3. The quantitative estimate of drug-likeness (QED) is 0.156. The third-order valence-corrected chi connectivity index (χ3v) is 3.20. The van der Waals surface area contributed by atoms with Crippen molar-refractivity contribution in [3.05, 3.63) is 29.2 Å². The maximum Gasteiger partial charge on any atom is 1.00 e. The SMILES string of the molecule is CCCOC(=O)c1cc(O)c(O)c(O)c1.O=C1O[C@H]([C@@H](O)CO)C([O-])=C1O.[Na+]. The number of benzene rings is 1.